The summed E-state index contributed by atoms with van der Waals surface area (Å²) in [5.74, 6) is -0.476. The Morgan fingerprint density at radius 3 is 2.59 bits per heavy atom. The first-order valence-electron chi connectivity index (χ1n) is 9.71. The predicted octanol–water partition coefficient (Wildman–Crippen LogP) is 3.56. The molecule has 1 aromatic carbocycles. The number of aromatic nitrogens is 1. The first kappa shape index (κ1) is 23.6. The molecule has 1 aromatic heterocycles. The predicted molar refractivity (Wildman–Crippen MR) is 121 cm³/mol. The molecule has 1 aliphatic rings. The van der Waals surface area contributed by atoms with Crippen LogP contribution in [-0.2, 0) is 9.63 Å². The standard InChI is InChI=1S/C21H22Cl2N4O5/c1-4-25-20(29)21(2)13(8-26-32-21)11-31-17-7-12(5-6-16(17)30-3)19(28)27-18-14(22)9-24-10-15(18)23/h5-10,13H,4,11H2,1-3H3,(H,25,29)(H,24,27,28). The fraction of sp³-hybridized carbons (Fsp3) is 0.333. The van der Waals surface area contributed by atoms with Crippen molar-refractivity contribution < 1.29 is 23.9 Å². The van der Waals surface area contributed by atoms with Gasteiger partial charge in [0, 0.05) is 24.5 Å². The Hall–Kier alpha value is -3.04. The van der Waals surface area contributed by atoms with Gasteiger partial charge in [0.15, 0.2) is 11.5 Å². The van der Waals surface area contributed by atoms with Gasteiger partial charge in [0.1, 0.15) is 6.61 Å². The van der Waals surface area contributed by atoms with Gasteiger partial charge in [0.05, 0.1) is 35.0 Å². The molecule has 0 saturated carbocycles. The van der Waals surface area contributed by atoms with Crippen molar-refractivity contribution in [3.05, 3.63) is 46.2 Å². The third kappa shape index (κ3) is 4.89. The molecule has 0 fully saturated rings. The van der Waals surface area contributed by atoms with Crippen LogP contribution in [0, 0.1) is 5.92 Å². The molecule has 2 atom stereocenters. The van der Waals surface area contributed by atoms with Gasteiger partial charge in [-0.15, -0.1) is 0 Å². The number of hydrogen-bond donors (Lipinski definition) is 2. The molecule has 2 aromatic rings. The molecule has 9 nitrogen and oxygen atoms in total. The van der Waals surface area contributed by atoms with Crippen LogP contribution >= 0.6 is 23.2 Å². The molecular formula is C21H22Cl2N4O5. The van der Waals surface area contributed by atoms with E-state index in [4.69, 9.17) is 37.5 Å². The van der Waals surface area contributed by atoms with E-state index in [1.807, 2.05) is 6.92 Å². The highest BCUT2D eigenvalue weighted by molar-refractivity contribution is 6.39. The second-order valence-electron chi connectivity index (χ2n) is 7.03. The van der Waals surface area contributed by atoms with Crippen LogP contribution in [0.15, 0.2) is 35.7 Å². The number of carbonyl (C=O) groups is 2. The van der Waals surface area contributed by atoms with Gasteiger partial charge < -0.3 is 24.9 Å². The maximum absolute atomic E-state index is 12.8. The van der Waals surface area contributed by atoms with Crippen molar-refractivity contribution in [2.45, 2.75) is 19.4 Å². The first-order chi connectivity index (χ1) is 15.3. The van der Waals surface area contributed by atoms with Gasteiger partial charge in [-0.1, -0.05) is 28.4 Å². The Morgan fingerprint density at radius 1 is 1.22 bits per heavy atom. The van der Waals surface area contributed by atoms with E-state index in [1.54, 1.807) is 19.1 Å². The van der Waals surface area contributed by atoms with E-state index < -0.39 is 17.4 Å². The van der Waals surface area contributed by atoms with Gasteiger partial charge in [0.2, 0.25) is 5.60 Å². The van der Waals surface area contributed by atoms with E-state index in [2.05, 4.69) is 20.8 Å². The van der Waals surface area contributed by atoms with Gasteiger partial charge in [0.25, 0.3) is 11.8 Å². The van der Waals surface area contributed by atoms with Gasteiger partial charge in [-0.3, -0.25) is 14.6 Å². The minimum atomic E-state index is -1.20. The molecule has 2 unspecified atom stereocenters. The number of ether oxygens (including phenoxy) is 2. The number of carbonyl (C=O) groups excluding carboxylic acids is 2. The lowest BCUT2D eigenvalue weighted by atomic mass is 9.90. The van der Waals surface area contributed by atoms with Crippen molar-refractivity contribution in [3.8, 4) is 11.5 Å². The summed E-state index contributed by atoms with van der Waals surface area (Å²) in [4.78, 5) is 34.3. The Bertz CT molecular complexity index is 1030. The van der Waals surface area contributed by atoms with Gasteiger partial charge in [-0.2, -0.15) is 0 Å². The average molecular weight is 481 g/mol. The Balaban J connectivity index is 1.77. The van der Waals surface area contributed by atoms with Crippen LogP contribution in [0.5, 0.6) is 11.5 Å². The number of rotatable bonds is 8. The number of anilines is 1. The van der Waals surface area contributed by atoms with Crippen LogP contribution in [0.4, 0.5) is 5.69 Å². The molecule has 0 radical (unpaired) electrons. The molecule has 32 heavy (non-hydrogen) atoms. The second kappa shape index (κ2) is 10.1. The fourth-order valence-corrected chi connectivity index (χ4v) is 3.46. The van der Waals surface area contributed by atoms with Crippen molar-refractivity contribution in [2.75, 3.05) is 25.6 Å². The minimum Gasteiger partial charge on any atom is -0.493 e. The molecule has 1 aliphatic heterocycles. The maximum Gasteiger partial charge on any atom is 0.267 e. The first-order valence-corrected chi connectivity index (χ1v) is 10.5. The summed E-state index contributed by atoms with van der Waals surface area (Å²) in [6.07, 6.45) is 4.27. The van der Waals surface area contributed by atoms with Crippen molar-refractivity contribution in [2.24, 2.45) is 11.1 Å². The number of nitrogens with one attached hydrogen (secondary N) is 2. The summed E-state index contributed by atoms with van der Waals surface area (Å²) in [5.41, 5.74) is -0.663. The highest BCUT2D eigenvalue weighted by Crippen LogP contribution is 2.33. The number of hydrogen-bond acceptors (Lipinski definition) is 7. The number of benzene rings is 1. The number of amides is 2. The molecule has 170 valence electrons. The summed E-state index contributed by atoms with van der Waals surface area (Å²) < 4.78 is 11.2. The fourth-order valence-electron chi connectivity index (χ4n) is 3.00. The lowest BCUT2D eigenvalue weighted by Gasteiger charge is -2.26. The Morgan fingerprint density at radius 2 is 1.94 bits per heavy atom. The summed E-state index contributed by atoms with van der Waals surface area (Å²) in [6, 6.07) is 4.69. The topological polar surface area (TPSA) is 111 Å². The number of likely N-dealkylation sites (N-methyl/N-ethyl adjacent to an activating group) is 1. The highest BCUT2D eigenvalue weighted by Gasteiger charge is 2.47. The molecule has 11 heteroatoms. The SMILES string of the molecule is CCNC(=O)C1(C)ON=CC1COc1cc(C(=O)Nc2c(Cl)cncc2Cl)ccc1OC. The van der Waals surface area contributed by atoms with Crippen molar-refractivity contribution in [3.63, 3.8) is 0 Å². The number of oxime groups is 1. The number of nitrogens with zero attached hydrogens (tertiary/aromatic N) is 2. The van der Waals surface area contributed by atoms with Crippen molar-refractivity contribution in [1.29, 1.82) is 0 Å². The molecule has 3 rings (SSSR count). The van der Waals surface area contributed by atoms with E-state index in [-0.39, 0.29) is 33.8 Å². The summed E-state index contributed by atoms with van der Waals surface area (Å²) in [7, 11) is 1.48. The van der Waals surface area contributed by atoms with Crippen LogP contribution in [0.25, 0.3) is 0 Å². The largest absolute Gasteiger partial charge is 0.493 e. The lowest BCUT2D eigenvalue weighted by Crippen LogP contribution is -2.50. The summed E-state index contributed by atoms with van der Waals surface area (Å²) >= 11 is 12.1. The normalized spacial score (nSPS) is 19.2. The molecule has 2 heterocycles. The monoisotopic (exact) mass is 480 g/mol. The minimum absolute atomic E-state index is 0.0700. The van der Waals surface area contributed by atoms with E-state index in [0.717, 1.165) is 0 Å². The van der Waals surface area contributed by atoms with Crippen LogP contribution in [0.1, 0.15) is 24.2 Å². The molecule has 0 aliphatic carbocycles. The summed E-state index contributed by atoms with van der Waals surface area (Å²) in [5, 5.41) is 9.61. The zero-order valence-electron chi connectivity index (χ0n) is 17.6. The van der Waals surface area contributed by atoms with Crippen molar-refractivity contribution >= 4 is 46.9 Å². The second-order valence-corrected chi connectivity index (χ2v) is 7.84. The van der Waals surface area contributed by atoms with E-state index in [1.165, 1.54) is 31.8 Å². The number of halogens is 2. The number of methoxy groups -OCH3 is 1. The lowest BCUT2D eigenvalue weighted by molar-refractivity contribution is -0.146. The molecule has 0 spiro atoms. The van der Waals surface area contributed by atoms with E-state index >= 15 is 0 Å². The highest BCUT2D eigenvalue weighted by atomic mass is 35.5. The molecule has 2 N–H and O–H groups in total. The average Bonchev–Trinajstić information content (AvgIpc) is 3.16. The zero-order chi connectivity index (χ0) is 23.3. The Kier molecular flexibility index (Phi) is 7.42. The summed E-state index contributed by atoms with van der Waals surface area (Å²) in [6.45, 7) is 3.99. The third-order valence-corrected chi connectivity index (χ3v) is 5.49. The van der Waals surface area contributed by atoms with Crippen molar-refractivity contribution in [1.82, 2.24) is 10.3 Å². The molecule has 0 bridgehead atoms. The van der Waals surface area contributed by atoms with Crippen LogP contribution in [0.2, 0.25) is 10.0 Å². The van der Waals surface area contributed by atoms with Crippen LogP contribution < -0.4 is 20.1 Å². The maximum atomic E-state index is 12.8. The van der Waals surface area contributed by atoms with Gasteiger partial charge in [-0.05, 0) is 32.0 Å². The van der Waals surface area contributed by atoms with Crippen LogP contribution in [0.3, 0.4) is 0 Å². The van der Waals surface area contributed by atoms with Gasteiger partial charge >= 0.3 is 0 Å². The van der Waals surface area contributed by atoms with E-state index in [0.29, 0.717) is 18.0 Å². The van der Waals surface area contributed by atoms with Gasteiger partial charge in [-0.25, -0.2) is 0 Å². The molecule has 0 saturated heterocycles. The van der Waals surface area contributed by atoms with Crippen LogP contribution in [-0.4, -0.2) is 48.9 Å². The smallest absolute Gasteiger partial charge is 0.267 e. The van der Waals surface area contributed by atoms with E-state index in [9.17, 15) is 9.59 Å². The zero-order valence-corrected chi connectivity index (χ0v) is 19.2. The quantitative estimate of drug-likeness (QED) is 0.597. The third-order valence-electron chi connectivity index (χ3n) is 4.92. The molecule has 2 amide bonds. The number of pyridine rings is 1. The Labute approximate surface area is 195 Å². The molecular weight excluding hydrogens is 459 g/mol.